The zero-order chi connectivity index (χ0) is 26.8. The molecular weight excluding hydrogens is 494 g/mol. The van der Waals surface area contributed by atoms with Crippen molar-refractivity contribution in [1.82, 2.24) is 13.9 Å². The highest BCUT2D eigenvalue weighted by Crippen LogP contribution is 2.38. The minimum Gasteiger partial charge on any atom is -0.366 e. The summed E-state index contributed by atoms with van der Waals surface area (Å²) in [5.74, 6) is -0.215. The Hall–Kier alpha value is -3.88. The topological polar surface area (TPSA) is 117 Å². The van der Waals surface area contributed by atoms with Gasteiger partial charge in [-0.15, -0.1) is 0 Å². The molecule has 0 bridgehead atoms. The summed E-state index contributed by atoms with van der Waals surface area (Å²) in [6.45, 7) is 4.76. The molecule has 2 heterocycles. The molecule has 0 aliphatic carbocycles. The number of nitrogens with zero attached hydrogens (tertiary/aromatic N) is 3. The van der Waals surface area contributed by atoms with Gasteiger partial charge in [-0.2, -0.15) is 4.37 Å². The van der Waals surface area contributed by atoms with Gasteiger partial charge >= 0.3 is 0 Å². The molecule has 0 saturated carbocycles. The molecule has 0 aliphatic rings. The Morgan fingerprint density at radius 2 is 1.84 bits per heavy atom. The second-order valence-electron chi connectivity index (χ2n) is 9.56. The summed E-state index contributed by atoms with van der Waals surface area (Å²) in [6.07, 6.45) is 1.99. The van der Waals surface area contributed by atoms with E-state index < -0.39 is 5.91 Å². The Bertz CT molecular complexity index is 1690. The zero-order valence-electron chi connectivity index (χ0n) is 21.6. The first-order chi connectivity index (χ1) is 18.4. The molecule has 2 aromatic heterocycles. The maximum Gasteiger partial charge on any atom is 0.264 e. The molecule has 194 valence electrons. The summed E-state index contributed by atoms with van der Waals surface area (Å²) >= 11 is 1.23. The van der Waals surface area contributed by atoms with Crippen molar-refractivity contribution < 1.29 is 4.79 Å². The molecule has 1 atom stereocenters. The molecule has 5 aromatic rings. The predicted molar refractivity (Wildman–Crippen MR) is 154 cm³/mol. The number of primary amides is 1. The van der Waals surface area contributed by atoms with E-state index in [9.17, 15) is 9.59 Å². The second-order valence-corrected chi connectivity index (χ2v) is 10.3. The Kier molecular flexibility index (Phi) is 7.35. The van der Waals surface area contributed by atoms with Crippen LogP contribution < -0.4 is 17.0 Å². The standard InChI is InChI=1S/C30H31N5O2S/c1-3-22(26-23-14-8-7-12-20(23)16-21(13-9-15-31)25(26)27(32)36)28-33-29-24(18(2)34-38-29)30(37)35(28)17-19-10-5-4-6-11-19/h4-8,10-12,14,16,22H,3,9,13,15,17,31H2,1-2H3,(H2,32,36). The normalized spacial score (nSPS) is 12.3. The third-order valence-corrected chi connectivity index (χ3v) is 7.95. The Labute approximate surface area is 225 Å². The van der Waals surface area contributed by atoms with Crippen LogP contribution in [0.3, 0.4) is 0 Å². The van der Waals surface area contributed by atoms with Crippen LogP contribution in [-0.2, 0) is 13.0 Å². The van der Waals surface area contributed by atoms with Gasteiger partial charge in [0.25, 0.3) is 5.56 Å². The summed E-state index contributed by atoms with van der Waals surface area (Å²) < 4.78 is 6.18. The Morgan fingerprint density at radius 1 is 1.11 bits per heavy atom. The third-order valence-electron chi connectivity index (χ3n) is 7.12. The Balaban J connectivity index is 1.84. The van der Waals surface area contributed by atoms with Crippen LogP contribution in [0.5, 0.6) is 0 Å². The van der Waals surface area contributed by atoms with Crippen LogP contribution in [0.4, 0.5) is 0 Å². The molecule has 0 aliphatic heterocycles. The lowest BCUT2D eigenvalue weighted by atomic mass is 9.83. The number of carbonyl (C=O) groups is 1. The lowest BCUT2D eigenvalue weighted by Gasteiger charge is -2.25. The summed E-state index contributed by atoms with van der Waals surface area (Å²) in [6, 6.07) is 19.9. The van der Waals surface area contributed by atoms with Crippen LogP contribution in [0.25, 0.3) is 21.0 Å². The zero-order valence-corrected chi connectivity index (χ0v) is 22.4. The van der Waals surface area contributed by atoms with E-state index in [2.05, 4.69) is 11.3 Å². The molecule has 0 spiro atoms. The number of hydrogen-bond donors (Lipinski definition) is 2. The van der Waals surface area contributed by atoms with Gasteiger partial charge in [-0.1, -0.05) is 67.6 Å². The minimum absolute atomic E-state index is 0.122. The van der Waals surface area contributed by atoms with Crippen molar-refractivity contribution in [2.24, 2.45) is 11.5 Å². The highest BCUT2D eigenvalue weighted by molar-refractivity contribution is 7.12. The summed E-state index contributed by atoms with van der Waals surface area (Å²) in [5.41, 5.74) is 15.6. The average Bonchev–Trinajstić information content (AvgIpc) is 3.30. The van der Waals surface area contributed by atoms with Crippen LogP contribution in [0.2, 0.25) is 0 Å². The minimum atomic E-state index is -0.483. The van der Waals surface area contributed by atoms with Gasteiger partial charge in [-0.3, -0.25) is 14.2 Å². The summed E-state index contributed by atoms with van der Waals surface area (Å²) in [4.78, 5) is 32.7. The van der Waals surface area contributed by atoms with E-state index in [1.165, 1.54) is 11.5 Å². The molecule has 7 nitrogen and oxygen atoms in total. The number of fused-ring (bicyclic) bond motifs is 2. The lowest BCUT2D eigenvalue weighted by Crippen LogP contribution is -2.29. The van der Waals surface area contributed by atoms with Crippen LogP contribution in [0.15, 0.2) is 65.5 Å². The highest BCUT2D eigenvalue weighted by atomic mass is 32.1. The van der Waals surface area contributed by atoms with E-state index in [4.69, 9.17) is 16.5 Å². The van der Waals surface area contributed by atoms with Crippen LogP contribution in [0, 0.1) is 6.92 Å². The van der Waals surface area contributed by atoms with Crippen molar-refractivity contribution in [2.45, 2.75) is 45.6 Å². The molecule has 38 heavy (non-hydrogen) atoms. The number of benzene rings is 3. The molecule has 4 N–H and O–H groups in total. The number of aromatic nitrogens is 3. The van der Waals surface area contributed by atoms with Crippen molar-refractivity contribution in [3.05, 3.63) is 105 Å². The van der Waals surface area contributed by atoms with E-state index in [1.54, 1.807) is 4.57 Å². The number of rotatable bonds is 9. The van der Waals surface area contributed by atoms with Gasteiger partial charge in [0.05, 0.1) is 17.6 Å². The smallest absolute Gasteiger partial charge is 0.264 e. The van der Waals surface area contributed by atoms with Crippen molar-refractivity contribution >= 4 is 38.4 Å². The molecule has 1 unspecified atom stereocenters. The van der Waals surface area contributed by atoms with Gasteiger partial charge in [-0.05, 0) is 71.7 Å². The number of amides is 1. The van der Waals surface area contributed by atoms with Crippen molar-refractivity contribution in [3.8, 4) is 0 Å². The van der Waals surface area contributed by atoms with Gasteiger partial charge < -0.3 is 11.5 Å². The van der Waals surface area contributed by atoms with Gasteiger partial charge in [0.2, 0.25) is 5.91 Å². The SMILES string of the molecule is CCC(c1c(C(N)=O)c(CCCN)cc2ccccc12)c1nc2snc(C)c2c(=O)n1Cc1ccccc1. The summed E-state index contributed by atoms with van der Waals surface area (Å²) in [5, 5.41) is 2.50. The first-order valence-electron chi connectivity index (χ1n) is 12.9. The van der Waals surface area contributed by atoms with E-state index in [0.717, 1.165) is 33.9 Å². The number of carbonyl (C=O) groups excluding carboxylic acids is 1. The lowest BCUT2D eigenvalue weighted by molar-refractivity contribution is 0.0998. The second kappa shape index (κ2) is 10.8. The highest BCUT2D eigenvalue weighted by Gasteiger charge is 2.29. The van der Waals surface area contributed by atoms with Crippen molar-refractivity contribution in [2.75, 3.05) is 6.54 Å². The fourth-order valence-electron chi connectivity index (χ4n) is 5.36. The predicted octanol–water partition coefficient (Wildman–Crippen LogP) is 4.90. The molecule has 0 fully saturated rings. The van der Waals surface area contributed by atoms with Crippen molar-refractivity contribution in [3.63, 3.8) is 0 Å². The van der Waals surface area contributed by atoms with Gasteiger partial charge in [0, 0.05) is 11.5 Å². The maximum absolute atomic E-state index is 14.0. The van der Waals surface area contributed by atoms with E-state index in [0.29, 0.717) is 53.2 Å². The van der Waals surface area contributed by atoms with Crippen LogP contribution >= 0.6 is 11.5 Å². The molecule has 1 amide bonds. The number of aryl methyl sites for hydroxylation is 2. The first-order valence-corrected chi connectivity index (χ1v) is 13.7. The molecule has 3 aromatic carbocycles. The molecule has 0 radical (unpaired) electrons. The molecule has 8 heteroatoms. The van der Waals surface area contributed by atoms with E-state index >= 15 is 0 Å². The third kappa shape index (κ3) is 4.61. The Morgan fingerprint density at radius 3 is 2.55 bits per heavy atom. The molecule has 0 saturated heterocycles. The fourth-order valence-corrected chi connectivity index (χ4v) is 6.14. The average molecular weight is 526 g/mol. The number of nitrogens with two attached hydrogens (primary N) is 2. The largest absolute Gasteiger partial charge is 0.366 e. The molecular formula is C30H31N5O2S. The quantitative estimate of drug-likeness (QED) is 0.284. The maximum atomic E-state index is 14.0. The van der Waals surface area contributed by atoms with Gasteiger partial charge in [0.1, 0.15) is 5.82 Å². The van der Waals surface area contributed by atoms with Crippen LogP contribution in [-0.4, -0.2) is 26.4 Å². The van der Waals surface area contributed by atoms with E-state index in [1.807, 2.05) is 67.6 Å². The number of hydrogen-bond acceptors (Lipinski definition) is 6. The van der Waals surface area contributed by atoms with Crippen molar-refractivity contribution in [1.29, 1.82) is 0 Å². The van der Waals surface area contributed by atoms with Gasteiger partial charge in [0.15, 0.2) is 4.83 Å². The molecule has 5 rings (SSSR count). The monoisotopic (exact) mass is 525 g/mol. The van der Waals surface area contributed by atoms with E-state index in [-0.39, 0.29) is 11.5 Å². The first kappa shape index (κ1) is 25.8. The fraction of sp³-hybridized carbons (Fsp3) is 0.267. The van der Waals surface area contributed by atoms with Crippen LogP contribution in [0.1, 0.15) is 64.2 Å². The van der Waals surface area contributed by atoms with Gasteiger partial charge in [-0.25, -0.2) is 4.98 Å². The summed E-state index contributed by atoms with van der Waals surface area (Å²) in [7, 11) is 0.